The van der Waals surface area contributed by atoms with Gasteiger partial charge >= 0.3 is 0 Å². The number of carbonyl (C=O) groups excluding carboxylic acids is 2. The second-order valence-corrected chi connectivity index (χ2v) is 5.21. The van der Waals surface area contributed by atoms with Crippen molar-refractivity contribution < 1.29 is 14.0 Å². The number of halogens is 1. The zero-order valence-corrected chi connectivity index (χ0v) is 11.8. The molecule has 1 atom stereocenters. The maximum Gasteiger partial charge on any atom is 0.254 e. The van der Waals surface area contributed by atoms with Crippen LogP contribution in [0.15, 0.2) is 18.2 Å². The number of rotatable bonds is 3. The van der Waals surface area contributed by atoms with E-state index in [9.17, 15) is 14.0 Å². The van der Waals surface area contributed by atoms with Gasteiger partial charge in [0, 0.05) is 13.1 Å². The summed E-state index contributed by atoms with van der Waals surface area (Å²) in [6.45, 7) is 4.89. The van der Waals surface area contributed by atoms with E-state index in [1.54, 1.807) is 24.8 Å². The molecule has 2 rings (SSSR count). The zero-order valence-electron chi connectivity index (χ0n) is 11.8. The quantitative estimate of drug-likeness (QED) is 0.917. The van der Waals surface area contributed by atoms with Gasteiger partial charge in [0.2, 0.25) is 5.91 Å². The largest absolute Gasteiger partial charge is 0.341 e. The van der Waals surface area contributed by atoms with Gasteiger partial charge in [-0.05, 0) is 38.8 Å². The topological polar surface area (TPSA) is 49.4 Å². The molecule has 0 saturated carbocycles. The lowest BCUT2D eigenvalue weighted by atomic mass is 10.1. The minimum absolute atomic E-state index is 0.0222. The SMILES string of the molecule is Cc1ccc(F)c(C(=O)NC(C)C(=O)N2CCCC2)c1. The molecule has 108 valence electrons. The number of hydrogen-bond acceptors (Lipinski definition) is 2. The third-order valence-corrected chi connectivity index (χ3v) is 3.50. The van der Waals surface area contributed by atoms with E-state index in [1.807, 2.05) is 0 Å². The highest BCUT2D eigenvalue weighted by Crippen LogP contribution is 2.12. The maximum absolute atomic E-state index is 13.6. The highest BCUT2D eigenvalue weighted by Gasteiger charge is 2.25. The highest BCUT2D eigenvalue weighted by atomic mass is 19.1. The number of hydrogen-bond donors (Lipinski definition) is 1. The van der Waals surface area contributed by atoms with Gasteiger partial charge in [0.15, 0.2) is 0 Å². The predicted octanol–water partition coefficient (Wildman–Crippen LogP) is 1.87. The first-order valence-electron chi connectivity index (χ1n) is 6.85. The van der Waals surface area contributed by atoms with Gasteiger partial charge in [-0.25, -0.2) is 4.39 Å². The lowest BCUT2D eigenvalue weighted by Crippen LogP contribution is -2.46. The van der Waals surface area contributed by atoms with Crippen molar-refractivity contribution in [2.75, 3.05) is 13.1 Å². The van der Waals surface area contributed by atoms with Gasteiger partial charge in [0.05, 0.1) is 5.56 Å². The fourth-order valence-corrected chi connectivity index (χ4v) is 2.36. The first-order chi connectivity index (χ1) is 9.49. The van der Waals surface area contributed by atoms with Crippen molar-refractivity contribution in [2.24, 2.45) is 0 Å². The van der Waals surface area contributed by atoms with E-state index in [1.165, 1.54) is 12.1 Å². The summed E-state index contributed by atoms with van der Waals surface area (Å²) >= 11 is 0. The molecule has 1 saturated heterocycles. The third kappa shape index (κ3) is 3.15. The zero-order chi connectivity index (χ0) is 14.7. The van der Waals surface area contributed by atoms with Gasteiger partial charge in [0.1, 0.15) is 11.9 Å². The summed E-state index contributed by atoms with van der Waals surface area (Å²) in [4.78, 5) is 25.8. The normalized spacial score (nSPS) is 16.1. The van der Waals surface area contributed by atoms with E-state index in [0.717, 1.165) is 31.5 Å². The molecule has 0 aromatic heterocycles. The van der Waals surface area contributed by atoms with Crippen LogP contribution in [0, 0.1) is 12.7 Å². The molecule has 0 aliphatic carbocycles. The lowest BCUT2D eigenvalue weighted by Gasteiger charge is -2.21. The van der Waals surface area contributed by atoms with E-state index >= 15 is 0 Å². The van der Waals surface area contributed by atoms with Crippen LogP contribution >= 0.6 is 0 Å². The molecule has 1 unspecified atom stereocenters. The number of amides is 2. The second kappa shape index (κ2) is 6.03. The molecule has 1 heterocycles. The van der Waals surface area contributed by atoms with Crippen molar-refractivity contribution in [1.82, 2.24) is 10.2 Å². The van der Waals surface area contributed by atoms with Crippen LogP contribution in [0.25, 0.3) is 0 Å². The van der Waals surface area contributed by atoms with Crippen LogP contribution in [0.1, 0.15) is 35.7 Å². The molecule has 1 aromatic carbocycles. The Hall–Kier alpha value is -1.91. The predicted molar refractivity (Wildman–Crippen MR) is 73.9 cm³/mol. The summed E-state index contributed by atoms with van der Waals surface area (Å²) in [5.41, 5.74) is 0.779. The molecular weight excluding hydrogens is 259 g/mol. The molecule has 0 radical (unpaired) electrons. The average Bonchev–Trinajstić information content (AvgIpc) is 2.94. The van der Waals surface area contributed by atoms with Crippen LogP contribution in [-0.2, 0) is 4.79 Å². The van der Waals surface area contributed by atoms with Gasteiger partial charge in [-0.2, -0.15) is 0 Å². The molecule has 2 amide bonds. The fourth-order valence-electron chi connectivity index (χ4n) is 2.36. The number of likely N-dealkylation sites (tertiary alicyclic amines) is 1. The summed E-state index contributed by atoms with van der Waals surface area (Å²) in [7, 11) is 0. The minimum Gasteiger partial charge on any atom is -0.341 e. The van der Waals surface area contributed by atoms with Crippen molar-refractivity contribution in [2.45, 2.75) is 32.7 Å². The van der Waals surface area contributed by atoms with Gasteiger partial charge in [-0.1, -0.05) is 11.6 Å². The fraction of sp³-hybridized carbons (Fsp3) is 0.467. The van der Waals surface area contributed by atoms with Crippen LogP contribution in [0.3, 0.4) is 0 Å². The number of nitrogens with one attached hydrogen (secondary N) is 1. The maximum atomic E-state index is 13.6. The Bertz CT molecular complexity index is 525. The van der Waals surface area contributed by atoms with Crippen molar-refractivity contribution in [3.63, 3.8) is 0 Å². The molecule has 5 heteroatoms. The van der Waals surface area contributed by atoms with Gasteiger partial charge < -0.3 is 10.2 Å². The lowest BCUT2D eigenvalue weighted by molar-refractivity contribution is -0.131. The van der Waals surface area contributed by atoms with E-state index in [4.69, 9.17) is 0 Å². The monoisotopic (exact) mass is 278 g/mol. The Morgan fingerprint density at radius 2 is 1.95 bits per heavy atom. The van der Waals surface area contributed by atoms with Gasteiger partial charge in [-0.15, -0.1) is 0 Å². The van der Waals surface area contributed by atoms with Crippen molar-refractivity contribution >= 4 is 11.8 Å². The Morgan fingerprint density at radius 3 is 2.60 bits per heavy atom. The van der Waals surface area contributed by atoms with Crippen molar-refractivity contribution in [1.29, 1.82) is 0 Å². The van der Waals surface area contributed by atoms with Crippen LogP contribution < -0.4 is 5.32 Å². The molecule has 1 aromatic rings. The molecule has 0 bridgehead atoms. The second-order valence-electron chi connectivity index (χ2n) is 5.21. The first kappa shape index (κ1) is 14.5. The van der Waals surface area contributed by atoms with Crippen LogP contribution in [0.5, 0.6) is 0 Å². The number of benzene rings is 1. The summed E-state index contributed by atoms with van der Waals surface area (Å²) in [5, 5.41) is 2.57. The van der Waals surface area contributed by atoms with Crippen LogP contribution in [-0.4, -0.2) is 35.8 Å². The summed E-state index contributed by atoms with van der Waals surface area (Å²) in [5.74, 6) is -1.23. The Labute approximate surface area is 118 Å². The van der Waals surface area contributed by atoms with E-state index in [0.29, 0.717) is 0 Å². The van der Waals surface area contributed by atoms with Crippen LogP contribution in [0.2, 0.25) is 0 Å². The van der Waals surface area contributed by atoms with Gasteiger partial charge in [0.25, 0.3) is 5.91 Å². The summed E-state index contributed by atoms with van der Waals surface area (Å²) in [6.07, 6.45) is 2.00. The molecule has 20 heavy (non-hydrogen) atoms. The van der Waals surface area contributed by atoms with Crippen LogP contribution in [0.4, 0.5) is 4.39 Å². The Kier molecular flexibility index (Phi) is 4.37. The summed E-state index contributed by atoms with van der Waals surface area (Å²) in [6, 6.07) is 3.71. The molecule has 0 spiro atoms. The molecule has 1 aliphatic heterocycles. The van der Waals surface area contributed by atoms with E-state index < -0.39 is 17.8 Å². The Balaban J connectivity index is 2.03. The smallest absolute Gasteiger partial charge is 0.254 e. The number of carbonyl (C=O) groups is 2. The average molecular weight is 278 g/mol. The summed E-state index contributed by atoms with van der Waals surface area (Å²) < 4.78 is 13.6. The van der Waals surface area contributed by atoms with Gasteiger partial charge in [-0.3, -0.25) is 9.59 Å². The van der Waals surface area contributed by atoms with Crippen molar-refractivity contribution in [3.8, 4) is 0 Å². The number of nitrogens with zero attached hydrogens (tertiary/aromatic N) is 1. The Morgan fingerprint density at radius 1 is 1.30 bits per heavy atom. The molecular formula is C15H19FN2O2. The van der Waals surface area contributed by atoms with Crippen molar-refractivity contribution in [3.05, 3.63) is 35.1 Å². The van der Waals surface area contributed by atoms with E-state index in [2.05, 4.69) is 5.32 Å². The standard InChI is InChI=1S/C15H19FN2O2/c1-10-5-6-13(16)12(9-10)14(19)17-11(2)15(20)18-7-3-4-8-18/h5-6,9,11H,3-4,7-8H2,1-2H3,(H,17,19). The molecule has 4 nitrogen and oxygen atoms in total. The first-order valence-corrected chi connectivity index (χ1v) is 6.85. The number of aryl methyl sites for hydroxylation is 1. The minimum atomic E-state index is -0.638. The molecule has 1 fully saturated rings. The molecule has 1 aliphatic rings. The van der Waals surface area contributed by atoms with E-state index in [-0.39, 0.29) is 11.5 Å². The third-order valence-electron chi connectivity index (χ3n) is 3.50. The highest BCUT2D eigenvalue weighted by molar-refractivity contribution is 5.97. The molecule has 1 N–H and O–H groups in total.